The van der Waals surface area contributed by atoms with Crippen molar-refractivity contribution in [2.24, 2.45) is 5.92 Å². The molecule has 1 amide bonds. The third kappa shape index (κ3) is 3.49. The van der Waals surface area contributed by atoms with Crippen LogP contribution in [0.4, 0.5) is 23.2 Å². The lowest BCUT2D eigenvalue weighted by atomic mass is 9.88. The highest BCUT2D eigenvalue weighted by atomic mass is 19.4. The quantitative estimate of drug-likeness (QED) is 0.805. The van der Waals surface area contributed by atoms with Gasteiger partial charge in [-0.1, -0.05) is 19.3 Å². The molecule has 0 heterocycles. The molecule has 1 saturated carbocycles. The Bertz CT molecular complexity index is 492. The fourth-order valence-electron chi connectivity index (χ4n) is 2.43. The molecular formula is C14H15F4NO. The molecule has 0 radical (unpaired) electrons. The summed E-state index contributed by atoms with van der Waals surface area (Å²) in [5, 5.41) is 2.45. The molecule has 1 aromatic carbocycles. The van der Waals surface area contributed by atoms with E-state index in [0.717, 1.165) is 44.2 Å². The summed E-state index contributed by atoms with van der Waals surface area (Å²) in [6.07, 6.45) is -0.281. The number of benzene rings is 1. The summed E-state index contributed by atoms with van der Waals surface area (Å²) < 4.78 is 50.8. The van der Waals surface area contributed by atoms with E-state index in [4.69, 9.17) is 0 Å². The standard InChI is InChI=1S/C14H15F4NO/c15-12-7-6-10(8-11(12)14(16,17)18)19-13(20)9-4-2-1-3-5-9/h6-9H,1-5H2,(H,19,20). The average molecular weight is 289 g/mol. The van der Waals surface area contributed by atoms with Crippen LogP contribution < -0.4 is 5.32 Å². The molecule has 6 heteroatoms. The number of rotatable bonds is 2. The van der Waals surface area contributed by atoms with Gasteiger partial charge in [-0.2, -0.15) is 13.2 Å². The minimum atomic E-state index is -4.77. The van der Waals surface area contributed by atoms with E-state index in [2.05, 4.69) is 5.32 Å². The molecule has 1 aromatic rings. The maximum atomic E-state index is 13.1. The summed E-state index contributed by atoms with van der Waals surface area (Å²) in [4.78, 5) is 11.9. The number of carbonyl (C=O) groups is 1. The molecule has 1 aliphatic rings. The zero-order chi connectivity index (χ0) is 14.8. The first-order valence-corrected chi connectivity index (χ1v) is 6.55. The van der Waals surface area contributed by atoms with Gasteiger partial charge in [-0.05, 0) is 31.0 Å². The highest BCUT2D eigenvalue weighted by molar-refractivity contribution is 5.92. The number of alkyl halides is 3. The molecule has 0 aliphatic heterocycles. The lowest BCUT2D eigenvalue weighted by Crippen LogP contribution is -2.25. The van der Waals surface area contributed by atoms with E-state index in [-0.39, 0.29) is 17.5 Å². The number of hydrogen-bond donors (Lipinski definition) is 1. The van der Waals surface area contributed by atoms with Crippen LogP contribution in [-0.2, 0) is 11.0 Å². The highest BCUT2D eigenvalue weighted by Crippen LogP contribution is 2.33. The van der Waals surface area contributed by atoms with Gasteiger partial charge in [-0.3, -0.25) is 4.79 Å². The number of nitrogens with one attached hydrogen (secondary N) is 1. The molecule has 0 spiro atoms. The van der Waals surface area contributed by atoms with Crippen molar-refractivity contribution in [2.75, 3.05) is 5.32 Å². The number of hydrogen-bond acceptors (Lipinski definition) is 1. The zero-order valence-corrected chi connectivity index (χ0v) is 10.8. The van der Waals surface area contributed by atoms with Gasteiger partial charge in [0.25, 0.3) is 0 Å². The number of anilines is 1. The van der Waals surface area contributed by atoms with Crippen LogP contribution in [-0.4, -0.2) is 5.91 Å². The fourth-order valence-corrected chi connectivity index (χ4v) is 2.43. The molecule has 1 fully saturated rings. The van der Waals surface area contributed by atoms with E-state index in [0.29, 0.717) is 6.07 Å². The molecule has 0 bridgehead atoms. The third-order valence-electron chi connectivity index (χ3n) is 3.52. The highest BCUT2D eigenvalue weighted by Gasteiger charge is 2.34. The van der Waals surface area contributed by atoms with Crippen LogP contribution in [0.5, 0.6) is 0 Å². The Morgan fingerprint density at radius 3 is 2.40 bits per heavy atom. The smallest absolute Gasteiger partial charge is 0.326 e. The molecule has 0 aromatic heterocycles. The third-order valence-corrected chi connectivity index (χ3v) is 3.52. The first-order chi connectivity index (χ1) is 9.38. The summed E-state index contributed by atoms with van der Waals surface area (Å²) in [6, 6.07) is 2.50. The van der Waals surface area contributed by atoms with Crippen LogP contribution in [0.1, 0.15) is 37.7 Å². The van der Waals surface area contributed by atoms with Crippen LogP contribution in [0.2, 0.25) is 0 Å². The van der Waals surface area contributed by atoms with Crippen molar-refractivity contribution in [3.63, 3.8) is 0 Å². The summed E-state index contributed by atoms with van der Waals surface area (Å²) in [5.41, 5.74) is -1.38. The van der Waals surface area contributed by atoms with Gasteiger partial charge < -0.3 is 5.32 Å². The molecule has 2 rings (SSSR count). The van der Waals surface area contributed by atoms with Crippen molar-refractivity contribution in [1.29, 1.82) is 0 Å². The van der Waals surface area contributed by atoms with Crippen LogP contribution in [0, 0.1) is 11.7 Å². The summed E-state index contributed by atoms with van der Waals surface area (Å²) in [7, 11) is 0. The number of carbonyl (C=O) groups excluding carboxylic acids is 1. The van der Waals surface area contributed by atoms with Crippen molar-refractivity contribution in [2.45, 2.75) is 38.3 Å². The van der Waals surface area contributed by atoms with Crippen LogP contribution in [0.15, 0.2) is 18.2 Å². The van der Waals surface area contributed by atoms with Gasteiger partial charge in [0.1, 0.15) is 5.82 Å². The van der Waals surface area contributed by atoms with Gasteiger partial charge in [-0.25, -0.2) is 4.39 Å². The number of amides is 1. The van der Waals surface area contributed by atoms with E-state index in [1.807, 2.05) is 0 Å². The van der Waals surface area contributed by atoms with Gasteiger partial charge in [0, 0.05) is 11.6 Å². The van der Waals surface area contributed by atoms with Crippen LogP contribution in [0.25, 0.3) is 0 Å². The van der Waals surface area contributed by atoms with E-state index in [9.17, 15) is 22.4 Å². The van der Waals surface area contributed by atoms with Gasteiger partial charge in [0.05, 0.1) is 5.56 Å². The molecule has 2 nitrogen and oxygen atoms in total. The molecule has 0 unspecified atom stereocenters. The number of halogens is 4. The Labute approximate surface area is 114 Å². The van der Waals surface area contributed by atoms with Crippen LogP contribution >= 0.6 is 0 Å². The second kappa shape index (κ2) is 5.81. The maximum Gasteiger partial charge on any atom is 0.419 e. The predicted molar refractivity (Wildman–Crippen MR) is 66.6 cm³/mol. The normalized spacial score (nSPS) is 17.0. The minimum Gasteiger partial charge on any atom is -0.326 e. The second-order valence-corrected chi connectivity index (χ2v) is 5.02. The molecule has 1 aliphatic carbocycles. The summed E-state index contributed by atoms with van der Waals surface area (Å²) >= 11 is 0. The van der Waals surface area contributed by atoms with Gasteiger partial charge in [0.15, 0.2) is 0 Å². The maximum absolute atomic E-state index is 13.1. The second-order valence-electron chi connectivity index (χ2n) is 5.02. The van der Waals surface area contributed by atoms with Crippen LogP contribution in [0.3, 0.4) is 0 Å². The molecule has 0 saturated heterocycles. The molecular weight excluding hydrogens is 274 g/mol. The lowest BCUT2D eigenvalue weighted by Gasteiger charge is -2.21. The Hall–Kier alpha value is -1.59. The molecule has 0 atom stereocenters. The van der Waals surface area contributed by atoms with Gasteiger partial charge in [0.2, 0.25) is 5.91 Å². The first-order valence-electron chi connectivity index (χ1n) is 6.55. The van der Waals surface area contributed by atoms with Crippen molar-refractivity contribution in [1.82, 2.24) is 0 Å². The van der Waals surface area contributed by atoms with E-state index < -0.39 is 17.6 Å². The molecule has 110 valence electrons. The summed E-state index contributed by atoms with van der Waals surface area (Å²) in [6.45, 7) is 0. The predicted octanol–water partition coefficient (Wildman–Crippen LogP) is 4.36. The van der Waals surface area contributed by atoms with E-state index in [1.165, 1.54) is 0 Å². The summed E-state index contributed by atoms with van der Waals surface area (Å²) in [5.74, 6) is -1.79. The van der Waals surface area contributed by atoms with Crippen molar-refractivity contribution < 1.29 is 22.4 Å². The van der Waals surface area contributed by atoms with E-state index in [1.54, 1.807) is 0 Å². The Balaban J connectivity index is 2.11. The zero-order valence-electron chi connectivity index (χ0n) is 10.8. The monoisotopic (exact) mass is 289 g/mol. The average Bonchev–Trinajstić information content (AvgIpc) is 2.40. The van der Waals surface area contributed by atoms with E-state index >= 15 is 0 Å². The van der Waals surface area contributed by atoms with Crippen molar-refractivity contribution in [3.05, 3.63) is 29.6 Å². The lowest BCUT2D eigenvalue weighted by molar-refractivity contribution is -0.140. The SMILES string of the molecule is O=C(Nc1ccc(F)c(C(F)(F)F)c1)C1CCCCC1. The molecule has 1 N–H and O–H groups in total. The van der Waals surface area contributed by atoms with Crippen molar-refractivity contribution in [3.8, 4) is 0 Å². The Morgan fingerprint density at radius 2 is 1.80 bits per heavy atom. The molecule has 20 heavy (non-hydrogen) atoms. The largest absolute Gasteiger partial charge is 0.419 e. The Kier molecular flexibility index (Phi) is 4.30. The minimum absolute atomic E-state index is 0.0192. The topological polar surface area (TPSA) is 29.1 Å². The van der Waals surface area contributed by atoms with Gasteiger partial charge in [-0.15, -0.1) is 0 Å². The Morgan fingerprint density at radius 1 is 1.15 bits per heavy atom. The van der Waals surface area contributed by atoms with Gasteiger partial charge >= 0.3 is 6.18 Å². The first kappa shape index (κ1) is 14.8. The van der Waals surface area contributed by atoms with Crippen molar-refractivity contribution >= 4 is 11.6 Å². The fraction of sp³-hybridized carbons (Fsp3) is 0.500.